The quantitative estimate of drug-likeness (QED) is 0.376. The number of nitroso groups, excluding NO2 is 1. The molecule has 2 aromatic heterocycles. The van der Waals surface area contributed by atoms with E-state index in [-0.39, 0.29) is 0 Å². The highest BCUT2D eigenvalue weighted by Crippen LogP contribution is 2.31. The Balaban J connectivity index is 1.88. The molecule has 3 rings (SSSR count). The van der Waals surface area contributed by atoms with E-state index in [2.05, 4.69) is 20.1 Å². The number of nitrogens with zero attached hydrogens (tertiary/aromatic N) is 5. The van der Waals surface area contributed by atoms with Crippen molar-refractivity contribution < 1.29 is 4.74 Å². The van der Waals surface area contributed by atoms with E-state index in [1.165, 1.54) is 18.9 Å². The summed E-state index contributed by atoms with van der Waals surface area (Å²) in [6, 6.07) is 5.35. The molecule has 7 nitrogen and oxygen atoms in total. The Labute approximate surface area is 149 Å². The molecule has 25 heavy (non-hydrogen) atoms. The van der Waals surface area contributed by atoms with Crippen LogP contribution in [0.4, 0.5) is 5.69 Å². The average molecular weight is 355 g/mol. The number of allylic oxidation sites excluding steroid dienone is 1. The maximum absolute atomic E-state index is 10.9. The van der Waals surface area contributed by atoms with Gasteiger partial charge >= 0.3 is 0 Å². The molecule has 0 bridgehead atoms. The minimum atomic E-state index is 0.290. The van der Waals surface area contributed by atoms with Crippen molar-refractivity contribution in [3.8, 4) is 5.75 Å². The van der Waals surface area contributed by atoms with Gasteiger partial charge in [-0.15, -0.1) is 4.91 Å². The fourth-order valence-electron chi connectivity index (χ4n) is 2.39. The van der Waals surface area contributed by atoms with Crippen LogP contribution in [0, 0.1) is 4.91 Å². The number of methoxy groups -OCH3 is 1. The molecule has 0 spiro atoms. The summed E-state index contributed by atoms with van der Waals surface area (Å²) in [4.78, 5) is 24.4. The van der Waals surface area contributed by atoms with Gasteiger partial charge in [-0.1, -0.05) is 23.9 Å². The first-order valence-electron chi connectivity index (χ1n) is 7.61. The Morgan fingerprint density at radius 3 is 2.92 bits per heavy atom. The van der Waals surface area contributed by atoms with Crippen molar-refractivity contribution in [3.05, 3.63) is 46.8 Å². The molecule has 8 heteroatoms. The zero-order chi connectivity index (χ0) is 17.8. The highest BCUT2D eigenvalue weighted by Gasteiger charge is 2.11. The lowest BCUT2D eigenvalue weighted by Gasteiger charge is -2.06. The Bertz CT molecular complexity index is 952. The standard InChI is InChI=1S/C17H17N5O2S/c1-4-5-12-15-16(22(2)10-18-15)20-17(19-12)25-9-11-6-7-14(24-3)13(8-11)21-23/h4-8,10H,9H2,1-3H3/b5-4+. The zero-order valence-corrected chi connectivity index (χ0v) is 14.9. The minimum absolute atomic E-state index is 0.290. The highest BCUT2D eigenvalue weighted by molar-refractivity contribution is 7.98. The van der Waals surface area contributed by atoms with Gasteiger partial charge < -0.3 is 9.30 Å². The Hall–Kier alpha value is -2.74. The maximum Gasteiger partial charge on any atom is 0.190 e. The fourth-order valence-corrected chi connectivity index (χ4v) is 3.18. The summed E-state index contributed by atoms with van der Waals surface area (Å²) < 4.78 is 6.98. The molecule has 0 N–H and O–H groups in total. The van der Waals surface area contributed by atoms with Crippen LogP contribution >= 0.6 is 11.8 Å². The van der Waals surface area contributed by atoms with Crippen LogP contribution < -0.4 is 4.74 Å². The number of ether oxygens (including phenoxy) is 1. The molecule has 2 heterocycles. The van der Waals surface area contributed by atoms with E-state index in [1.54, 1.807) is 18.5 Å². The topological polar surface area (TPSA) is 82.3 Å². The minimum Gasteiger partial charge on any atom is -0.494 e. The molecule has 0 saturated heterocycles. The molecule has 0 unspecified atom stereocenters. The van der Waals surface area contributed by atoms with Crippen molar-refractivity contribution in [3.63, 3.8) is 0 Å². The van der Waals surface area contributed by atoms with Crippen LogP contribution in [0.15, 0.2) is 40.9 Å². The number of hydrogen-bond acceptors (Lipinski definition) is 7. The normalized spacial score (nSPS) is 11.3. The van der Waals surface area contributed by atoms with Crippen molar-refractivity contribution >= 4 is 34.7 Å². The van der Waals surface area contributed by atoms with E-state index in [4.69, 9.17) is 4.74 Å². The molecule has 0 fully saturated rings. The van der Waals surface area contributed by atoms with Crippen LogP contribution in [0.1, 0.15) is 18.2 Å². The molecule has 3 aromatic rings. The number of fused-ring (bicyclic) bond motifs is 1. The molecule has 0 aliphatic heterocycles. The average Bonchev–Trinajstić information content (AvgIpc) is 3.01. The largest absolute Gasteiger partial charge is 0.494 e. The predicted octanol–water partition coefficient (Wildman–Crippen LogP) is 4.10. The molecule has 0 saturated carbocycles. The Morgan fingerprint density at radius 2 is 2.20 bits per heavy atom. The van der Waals surface area contributed by atoms with Crippen LogP contribution in [0.25, 0.3) is 17.2 Å². The molecule has 1 aromatic carbocycles. The lowest BCUT2D eigenvalue weighted by atomic mass is 10.2. The first-order chi connectivity index (χ1) is 12.2. The van der Waals surface area contributed by atoms with Gasteiger partial charge in [0.2, 0.25) is 0 Å². The lowest BCUT2D eigenvalue weighted by molar-refractivity contribution is 0.416. The fraction of sp³-hybridized carbons (Fsp3) is 0.235. The van der Waals surface area contributed by atoms with E-state index in [9.17, 15) is 4.91 Å². The van der Waals surface area contributed by atoms with Gasteiger partial charge in [-0.2, -0.15) is 0 Å². The van der Waals surface area contributed by atoms with Gasteiger partial charge in [0, 0.05) is 12.8 Å². The number of hydrogen-bond donors (Lipinski definition) is 0. The van der Waals surface area contributed by atoms with E-state index in [0.29, 0.717) is 22.3 Å². The lowest BCUT2D eigenvalue weighted by Crippen LogP contribution is -1.96. The second kappa shape index (κ2) is 7.43. The smallest absolute Gasteiger partial charge is 0.190 e. The van der Waals surface area contributed by atoms with Crippen molar-refractivity contribution in [2.75, 3.05) is 7.11 Å². The van der Waals surface area contributed by atoms with E-state index >= 15 is 0 Å². The summed E-state index contributed by atoms with van der Waals surface area (Å²) >= 11 is 1.49. The van der Waals surface area contributed by atoms with Crippen LogP contribution in [0.2, 0.25) is 0 Å². The summed E-state index contributed by atoms with van der Waals surface area (Å²) in [5.74, 6) is 1.08. The molecule has 0 amide bonds. The molecule has 0 aliphatic rings. The summed E-state index contributed by atoms with van der Waals surface area (Å²) in [7, 11) is 3.42. The summed E-state index contributed by atoms with van der Waals surface area (Å²) in [6.45, 7) is 1.94. The molecular weight excluding hydrogens is 338 g/mol. The van der Waals surface area contributed by atoms with Gasteiger partial charge in [0.25, 0.3) is 0 Å². The molecular formula is C17H17N5O2S. The first kappa shape index (κ1) is 17.1. The number of rotatable bonds is 6. The third-order valence-electron chi connectivity index (χ3n) is 3.60. The number of benzene rings is 1. The number of aromatic nitrogens is 4. The molecule has 0 radical (unpaired) electrons. The van der Waals surface area contributed by atoms with Crippen LogP contribution in [0.5, 0.6) is 5.75 Å². The van der Waals surface area contributed by atoms with Gasteiger partial charge in [0.05, 0.1) is 19.1 Å². The molecule has 0 atom stereocenters. The zero-order valence-electron chi connectivity index (χ0n) is 14.1. The van der Waals surface area contributed by atoms with Gasteiger partial charge in [-0.3, -0.25) is 0 Å². The van der Waals surface area contributed by atoms with Crippen molar-refractivity contribution in [1.82, 2.24) is 19.5 Å². The number of aryl methyl sites for hydroxylation is 1. The maximum atomic E-state index is 10.9. The monoisotopic (exact) mass is 355 g/mol. The van der Waals surface area contributed by atoms with Gasteiger partial charge in [0.1, 0.15) is 17.0 Å². The molecule has 0 aliphatic carbocycles. The second-order valence-electron chi connectivity index (χ2n) is 5.31. The highest BCUT2D eigenvalue weighted by atomic mass is 32.2. The van der Waals surface area contributed by atoms with E-state index in [1.807, 2.05) is 36.8 Å². The summed E-state index contributed by atoms with van der Waals surface area (Å²) in [5, 5.41) is 3.66. The van der Waals surface area contributed by atoms with E-state index in [0.717, 1.165) is 22.4 Å². The molecule has 128 valence electrons. The van der Waals surface area contributed by atoms with Gasteiger partial charge in [-0.25, -0.2) is 15.0 Å². The predicted molar refractivity (Wildman–Crippen MR) is 99.0 cm³/mol. The SMILES string of the molecule is C/C=C/c1nc(SCc2ccc(OC)c(N=O)c2)nc2c1ncn2C. The van der Waals surface area contributed by atoms with Gasteiger partial charge in [-0.05, 0) is 35.9 Å². The Kier molecular flexibility index (Phi) is 5.08. The van der Waals surface area contributed by atoms with E-state index < -0.39 is 0 Å². The van der Waals surface area contributed by atoms with Crippen molar-refractivity contribution in [1.29, 1.82) is 0 Å². The summed E-state index contributed by atoms with van der Waals surface area (Å²) in [5.41, 5.74) is 3.60. The Morgan fingerprint density at radius 1 is 1.36 bits per heavy atom. The summed E-state index contributed by atoms with van der Waals surface area (Å²) in [6.07, 6.45) is 5.57. The second-order valence-corrected chi connectivity index (χ2v) is 6.25. The van der Waals surface area contributed by atoms with Crippen molar-refractivity contribution in [2.24, 2.45) is 12.2 Å². The first-order valence-corrected chi connectivity index (χ1v) is 8.59. The number of imidazole rings is 1. The van der Waals surface area contributed by atoms with Gasteiger partial charge in [0.15, 0.2) is 10.8 Å². The van der Waals surface area contributed by atoms with Crippen LogP contribution in [-0.4, -0.2) is 26.6 Å². The van der Waals surface area contributed by atoms with Crippen LogP contribution in [-0.2, 0) is 12.8 Å². The third kappa shape index (κ3) is 3.53. The third-order valence-corrected chi connectivity index (χ3v) is 4.52. The van der Waals surface area contributed by atoms with Crippen molar-refractivity contribution in [2.45, 2.75) is 17.8 Å². The number of thioether (sulfide) groups is 1. The van der Waals surface area contributed by atoms with Crippen LogP contribution in [0.3, 0.4) is 0 Å².